The van der Waals surface area contributed by atoms with Gasteiger partial charge < -0.3 is 9.80 Å². The Morgan fingerprint density at radius 2 is 1.45 bits per heavy atom. The highest BCUT2D eigenvalue weighted by molar-refractivity contribution is 5.78. The molecule has 0 amide bonds. The van der Waals surface area contributed by atoms with Gasteiger partial charge in [-0.3, -0.25) is 4.68 Å². The number of nitrogens with zero attached hydrogens (tertiary/aromatic N) is 9. The number of hydrogen-bond acceptors (Lipinski definition) is 7. The van der Waals surface area contributed by atoms with Gasteiger partial charge in [0.1, 0.15) is 5.82 Å². The van der Waals surface area contributed by atoms with Gasteiger partial charge in [0, 0.05) is 44.2 Å². The smallest absolute Gasteiger partial charge is 0.356 e. The Balaban J connectivity index is 1.42. The fourth-order valence-corrected chi connectivity index (χ4v) is 5.11. The molecule has 9 nitrogen and oxygen atoms in total. The van der Waals surface area contributed by atoms with Crippen LogP contribution in [-0.4, -0.2) is 48.1 Å². The zero-order valence-corrected chi connectivity index (χ0v) is 23.0. The number of tetrazole rings is 1. The number of hydrogen-bond donors (Lipinski definition) is 0. The number of alkyl halides is 6. The van der Waals surface area contributed by atoms with Crippen molar-refractivity contribution in [1.82, 2.24) is 35.0 Å². The van der Waals surface area contributed by atoms with Crippen molar-refractivity contribution in [3.8, 4) is 0 Å². The summed E-state index contributed by atoms with van der Waals surface area (Å²) in [5.41, 5.74) is -1.51. The van der Waals surface area contributed by atoms with E-state index in [1.165, 1.54) is 16.7 Å². The minimum absolute atomic E-state index is 0.0663. The SMILES string of the molecule is Cn1nnc(N(Cc2cc(C(F)(F)F)cc(C(F)(F)F)c2)Cc2cc3cnn(C)c3nc2N(CC2CC2)CC2CC2)n1. The van der Waals surface area contributed by atoms with Crippen LogP contribution in [0.15, 0.2) is 30.5 Å². The van der Waals surface area contributed by atoms with Crippen molar-refractivity contribution in [2.45, 2.75) is 51.1 Å². The van der Waals surface area contributed by atoms with Gasteiger partial charge in [-0.2, -0.15) is 36.2 Å². The van der Waals surface area contributed by atoms with Crippen molar-refractivity contribution in [3.63, 3.8) is 0 Å². The molecule has 6 rings (SSSR count). The van der Waals surface area contributed by atoms with E-state index < -0.39 is 23.5 Å². The molecule has 3 aromatic heterocycles. The molecule has 4 aromatic rings. The van der Waals surface area contributed by atoms with Gasteiger partial charge in [-0.1, -0.05) is 5.10 Å². The average Bonchev–Trinajstić information content (AvgIpc) is 3.84. The molecule has 0 atom stereocenters. The van der Waals surface area contributed by atoms with E-state index in [9.17, 15) is 26.3 Å². The first-order valence-corrected chi connectivity index (χ1v) is 13.7. The Bertz CT molecular complexity index is 1540. The van der Waals surface area contributed by atoms with Crippen LogP contribution in [0.1, 0.15) is 47.9 Å². The van der Waals surface area contributed by atoms with Crippen molar-refractivity contribution < 1.29 is 26.3 Å². The van der Waals surface area contributed by atoms with E-state index in [2.05, 4.69) is 25.4 Å². The van der Waals surface area contributed by atoms with Crippen LogP contribution in [0.4, 0.5) is 38.1 Å². The fourth-order valence-electron chi connectivity index (χ4n) is 5.11. The molecule has 224 valence electrons. The summed E-state index contributed by atoms with van der Waals surface area (Å²) in [4.78, 5) is 9.97. The lowest BCUT2D eigenvalue weighted by atomic mass is 10.0. The minimum Gasteiger partial charge on any atom is -0.356 e. The van der Waals surface area contributed by atoms with Gasteiger partial charge in [0.2, 0.25) is 0 Å². The average molecular weight is 594 g/mol. The third kappa shape index (κ3) is 6.28. The number of fused-ring (bicyclic) bond motifs is 1. The van der Waals surface area contributed by atoms with E-state index >= 15 is 0 Å². The summed E-state index contributed by atoms with van der Waals surface area (Å²) in [6, 6.07) is 3.51. The second-order valence-electron chi connectivity index (χ2n) is 11.3. The first-order chi connectivity index (χ1) is 19.8. The first kappa shape index (κ1) is 28.2. The molecule has 3 heterocycles. The molecule has 0 radical (unpaired) electrons. The van der Waals surface area contributed by atoms with Gasteiger partial charge in [0.25, 0.3) is 5.95 Å². The van der Waals surface area contributed by atoms with Gasteiger partial charge >= 0.3 is 12.4 Å². The Kier molecular flexibility index (Phi) is 7.00. The molecular weight excluding hydrogens is 564 g/mol. The van der Waals surface area contributed by atoms with Crippen LogP contribution in [0.3, 0.4) is 0 Å². The summed E-state index contributed by atoms with van der Waals surface area (Å²) >= 11 is 0. The Morgan fingerprint density at radius 3 is 1.98 bits per heavy atom. The number of benzene rings is 1. The molecule has 2 aliphatic carbocycles. The maximum absolute atomic E-state index is 13.6. The summed E-state index contributed by atoms with van der Waals surface area (Å²) in [5, 5.41) is 17.2. The van der Waals surface area contributed by atoms with Gasteiger partial charge in [-0.25, -0.2) is 4.98 Å². The molecule has 0 bridgehead atoms. The monoisotopic (exact) mass is 593 g/mol. The van der Waals surface area contributed by atoms with Crippen molar-refractivity contribution in [3.05, 3.63) is 52.7 Å². The lowest BCUT2D eigenvalue weighted by Crippen LogP contribution is -2.32. The summed E-state index contributed by atoms with van der Waals surface area (Å²) < 4.78 is 83.4. The fraction of sp³-hybridized carbons (Fsp3) is 0.519. The number of anilines is 2. The predicted octanol–water partition coefficient (Wildman–Crippen LogP) is 5.36. The number of pyridine rings is 1. The highest BCUT2D eigenvalue weighted by Crippen LogP contribution is 2.39. The zero-order valence-electron chi connectivity index (χ0n) is 23.0. The summed E-state index contributed by atoms with van der Waals surface area (Å²) in [5.74, 6) is 1.91. The largest absolute Gasteiger partial charge is 0.416 e. The van der Waals surface area contributed by atoms with Crippen LogP contribution >= 0.6 is 0 Å². The lowest BCUT2D eigenvalue weighted by Gasteiger charge is -2.29. The van der Waals surface area contributed by atoms with E-state index in [4.69, 9.17) is 4.98 Å². The Morgan fingerprint density at radius 1 is 0.833 bits per heavy atom. The molecule has 0 saturated heterocycles. The molecule has 15 heteroatoms. The van der Waals surface area contributed by atoms with Gasteiger partial charge in [0.15, 0.2) is 5.65 Å². The van der Waals surface area contributed by atoms with Gasteiger partial charge in [-0.05, 0) is 72.6 Å². The van der Waals surface area contributed by atoms with Crippen LogP contribution < -0.4 is 9.80 Å². The molecule has 0 N–H and O–H groups in total. The summed E-state index contributed by atoms with van der Waals surface area (Å²) in [6.07, 6.45) is -3.70. The highest BCUT2D eigenvalue weighted by atomic mass is 19.4. The standard InChI is InChI=1S/C27H29F6N9/c1-39-23-19(11-34-39)9-20(24(35-23)41(12-16-3-4-16)13-17-5-6-17)15-42(25-36-38-40(2)37-25)14-18-7-21(26(28,29)30)10-22(8-18)27(31,32)33/h7-11,16-17H,3-6,12-15H2,1-2H3. The molecule has 0 spiro atoms. The normalized spacial score (nSPS) is 15.9. The summed E-state index contributed by atoms with van der Waals surface area (Å²) in [6.45, 7) is 1.40. The quantitative estimate of drug-likeness (QED) is 0.229. The lowest BCUT2D eigenvalue weighted by molar-refractivity contribution is -0.143. The number of rotatable bonds is 10. The third-order valence-corrected chi connectivity index (χ3v) is 7.58. The molecule has 2 fully saturated rings. The number of aromatic nitrogens is 7. The Hall–Kier alpha value is -3.91. The van der Waals surface area contributed by atoms with Crippen LogP contribution in [-0.2, 0) is 39.5 Å². The first-order valence-electron chi connectivity index (χ1n) is 13.7. The molecule has 2 aliphatic rings. The van der Waals surface area contributed by atoms with Crippen LogP contribution in [0, 0.1) is 11.8 Å². The number of aryl methyl sites for hydroxylation is 2. The predicted molar refractivity (Wildman–Crippen MR) is 141 cm³/mol. The van der Waals surface area contributed by atoms with Gasteiger partial charge in [0.05, 0.1) is 24.4 Å². The second-order valence-corrected chi connectivity index (χ2v) is 11.3. The topological polar surface area (TPSA) is 80.8 Å². The van der Waals surface area contributed by atoms with E-state index in [0.29, 0.717) is 17.5 Å². The van der Waals surface area contributed by atoms with Crippen LogP contribution in [0.5, 0.6) is 0 Å². The molecule has 0 unspecified atom stereocenters. The van der Waals surface area contributed by atoms with Crippen molar-refractivity contribution >= 4 is 22.8 Å². The van der Waals surface area contributed by atoms with Crippen LogP contribution in [0.25, 0.3) is 11.0 Å². The van der Waals surface area contributed by atoms with Crippen molar-refractivity contribution in [2.75, 3.05) is 22.9 Å². The zero-order chi connectivity index (χ0) is 29.8. The van der Waals surface area contributed by atoms with E-state index in [1.54, 1.807) is 17.9 Å². The maximum atomic E-state index is 13.6. The van der Waals surface area contributed by atoms with E-state index in [0.717, 1.165) is 67.7 Å². The molecule has 42 heavy (non-hydrogen) atoms. The minimum atomic E-state index is -4.96. The van der Waals surface area contributed by atoms with Crippen molar-refractivity contribution in [2.24, 2.45) is 25.9 Å². The third-order valence-electron chi connectivity index (χ3n) is 7.58. The molecule has 2 saturated carbocycles. The molecular formula is C27H29F6N9. The Labute approximate surface area is 237 Å². The van der Waals surface area contributed by atoms with Gasteiger partial charge in [-0.15, -0.1) is 5.10 Å². The van der Waals surface area contributed by atoms with Crippen LogP contribution in [0.2, 0.25) is 0 Å². The highest BCUT2D eigenvalue weighted by Gasteiger charge is 2.37. The summed E-state index contributed by atoms with van der Waals surface area (Å²) in [7, 11) is 3.33. The van der Waals surface area contributed by atoms with E-state index in [1.807, 2.05) is 6.07 Å². The molecule has 0 aliphatic heterocycles. The maximum Gasteiger partial charge on any atom is 0.416 e. The second kappa shape index (κ2) is 10.4. The van der Waals surface area contributed by atoms with E-state index in [-0.39, 0.29) is 30.7 Å². The van der Waals surface area contributed by atoms with Crippen molar-refractivity contribution in [1.29, 1.82) is 0 Å². The molecule has 1 aromatic carbocycles. The number of halogens is 6.